The van der Waals surface area contributed by atoms with Gasteiger partial charge in [-0.05, 0) is 37.5 Å². The van der Waals surface area contributed by atoms with Crippen molar-refractivity contribution in [2.24, 2.45) is 5.73 Å². The van der Waals surface area contributed by atoms with Gasteiger partial charge in [-0.2, -0.15) is 0 Å². The Kier molecular flexibility index (Phi) is 4.19. The van der Waals surface area contributed by atoms with Gasteiger partial charge in [0.2, 0.25) is 0 Å². The summed E-state index contributed by atoms with van der Waals surface area (Å²) in [6, 6.07) is 4.09. The van der Waals surface area contributed by atoms with Gasteiger partial charge in [0.05, 0.1) is 14.2 Å². The van der Waals surface area contributed by atoms with Gasteiger partial charge in [0.25, 0.3) is 0 Å². The standard InChI is InChI=1S/C13H21NO2/c1-8-6-13(16-5)11(7-12(8)15-4)9(2)10(3)14/h6-7,9-10H,14H2,1-5H3. The molecule has 0 aromatic heterocycles. The largest absolute Gasteiger partial charge is 0.496 e. The van der Waals surface area contributed by atoms with Gasteiger partial charge >= 0.3 is 0 Å². The highest BCUT2D eigenvalue weighted by molar-refractivity contribution is 5.47. The molecule has 0 heterocycles. The lowest BCUT2D eigenvalue weighted by Gasteiger charge is -2.20. The average Bonchev–Trinajstić information content (AvgIpc) is 2.27. The van der Waals surface area contributed by atoms with E-state index in [9.17, 15) is 0 Å². The van der Waals surface area contributed by atoms with Crippen LogP contribution in [0.3, 0.4) is 0 Å². The maximum atomic E-state index is 5.92. The molecule has 2 atom stereocenters. The van der Waals surface area contributed by atoms with E-state index < -0.39 is 0 Å². The molecule has 0 bridgehead atoms. The molecule has 0 spiro atoms. The summed E-state index contributed by atoms with van der Waals surface area (Å²) in [7, 11) is 3.35. The van der Waals surface area contributed by atoms with Crippen molar-refractivity contribution in [3.8, 4) is 11.5 Å². The van der Waals surface area contributed by atoms with Crippen LogP contribution in [0.25, 0.3) is 0 Å². The van der Waals surface area contributed by atoms with Crippen LogP contribution < -0.4 is 15.2 Å². The van der Waals surface area contributed by atoms with Crippen LogP contribution in [0.15, 0.2) is 12.1 Å². The SMILES string of the molecule is COc1cc(C(C)C(C)N)c(OC)cc1C. The predicted molar refractivity (Wildman–Crippen MR) is 66.3 cm³/mol. The van der Waals surface area contributed by atoms with Crippen LogP contribution in [0.4, 0.5) is 0 Å². The van der Waals surface area contributed by atoms with Crippen LogP contribution in [0, 0.1) is 6.92 Å². The molecule has 1 aromatic rings. The van der Waals surface area contributed by atoms with Crippen molar-refractivity contribution in [1.29, 1.82) is 0 Å². The fourth-order valence-corrected chi connectivity index (χ4v) is 1.71. The third-order valence-electron chi connectivity index (χ3n) is 3.03. The van der Waals surface area contributed by atoms with Crippen molar-refractivity contribution in [2.45, 2.75) is 32.7 Å². The molecule has 0 saturated heterocycles. The summed E-state index contributed by atoms with van der Waals surface area (Å²) in [6.45, 7) is 6.09. The Morgan fingerprint density at radius 3 is 2.06 bits per heavy atom. The lowest BCUT2D eigenvalue weighted by molar-refractivity contribution is 0.391. The molecule has 2 N–H and O–H groups in total. The maximum absolute atomic E-state index is 5.92. The number of rotatable bonds is 4. The van der Waals surface area contributed by atoms with E-state index in [-0.39, 0.29) is 12.0 Å². The van der Waals surface area contributed by atoms with Gasteiger partial charge in [0.1, 0.15) is 11.5 Å². The Morgan fingerprint density at radius 2 is 1.62 bits per heavy atom. The summed E-state index contributed by atoms with van der Waals surface area (Å²) in [6.07, 6.45) is 0. The van der Waals surface area contributed by atoms with Crippen molar-refractivity contribution in [3.63, 3.8) is 0 Å². The number of methoxy groups -OCH3 is 2. The molecular formula is C13H21NO2. The van der Waals surface area contributed by atoms with Gasteiger partial charge in [-0.25, -0.2) is 0 Å². The third-order valence-corrected chi connectivity index (χ3v) is 3.03. The van der Waals surface area contributed by atoms with E-state index in [1.54, 1.807) is 14.2 Å². The topological polar surface area (TPSA) is 44.5 Å². The van der Waals surface area contributed by atoms with Crippen LogP contribution in [0.2, 0.25) is 0 Å². The van der Waals surface area contributed by atoms with Gasteiger partial charge in [0.15, 0.2) is 0 Å². The molecule has 2 unspecified atom stereocenters. The summed E-state index contributed by atoms with van der Waals surface area (Å²) in [4.78, 5) is 0. The molecule has 3 nitrogen and oxygen atoms in total. The van der Waals surface area contributed by atoms with Crippen LogP contribution in [0.5, 0.6) is 11.5 Å². The summed E-state index contributed by atoms with van der Waals surface area (Å²) < 4.78 is 10.7. The second-order valence-corrected chi connectivity index (χ2v) is 4.21. The van der Waals surface area contributed by atoms with E-state index in [0.29, 0.717) is 0 Å². The molecular weight excluding hydrogens is 202 g/mol. The minimum absolute atomic E-state index is 0.0845. The van der Waals surface area contributed by atoms with E-state index >= 15 is 0 Å². The monoisotopic (exact) mass is 223 g/mol. The number of aryl methyl sites for hydroxylation is 1. The minimum Gasteiger partial charge on any atom is -0.496 e. The second kappa shape index (κ2) is 5.21. The number of ether oxygens (including phenoxy) is 2. The highest BCUT2D eigenvalue weighted by atomic mass is 16.5. The Hall–Kier alpha value is -1.22. The molecule has 90 valence electrons. The van der Waals surface area contributed by atoms with E-state index in [1.807, 2.05) is 26.0 Å². The summed E-state index contributed by atoms with van der Waals surface area (Å²) in [5, 5.41) is 0. The normalized spacial score (nSPS) is 14.4. The van der Waals surface area contributed by atoms with Gasteiger partial charge in [-0.15, -0.1) is 0 Å². The molecule has 0 saturated carbocycles. The summed E-state index contributed by atoms with van der Waals surface area (Å²) in [5.74, 6) is 2.00. The average molecular weight is 223 g/mol. The van der Waals surface area contributed by atoms with Crippen molar-refractivity contribution in [3.05, 3.63) is 23.3 Å². The zero-order valence-electron chi connectivity index (χ0n) is 10.7. The first-order chi connectivity index (χ1) is 7.51. The maximum Gasteiger partial charge on any atom is 0.122 e. The van der Waals surface area contributed by atoms with Gasteiger partial charge < -0.3 is 15.2 Å². The Bertz CT molecular complexity index is 361. The number of hydrogen-bond acceptors (Lipinski definition) is 3. The Balaban J connectivity index is 3.24. The van der Waals surface area contributed by atoms with E-state index in [0.717, 1.165) is 22.6 Å². The number of benzene rings is 1. The number of nitrogens with two attached hydrogens (primary N) is 1. The van der Waals surface area contributed by atoms with Crippen molar-refractivity contribution < 1.29 is 9.47 Å². The van der Waals surface area contributed by atoms with Crippen molar-refractivity contribution in [1.82, 2.24) is 0 Å². The third kappa shape index (κ3) is 2.47. The molecule has 0 fully saturated rings. The molecule has 0 aliphatic carbocycles. The summed E-state index contributed by atoms with van der Waals surface area (Å²) in [5.41, 5.74) is 8.09. The fraction of sp³-hybridized carbons (Fsp3) is 0.538. The molecule has 16 heavy (non-hydrogen) atoms. The molecule has 3 heteroatoms. The second-order valence-electron chi connectivity index (χ2n) is 4.21. The Labute approximate surface area is 97.6 Å². The first kappa shape index (κ1) is 12.8. The van der Waals surface area contributed by atoms with Crippen LogP contribution >= 0.6 is 0 Å². The van der Waals surface area contributed by atoms with E-state index in [4.69, 9.17) is 15.2 Å². The molecule has 1 rings (SSSR count). The predicted octanol–water partition coefficient (Wildman–Crippen LogP) is 2.46. The van der Waals surface area contributed by atoms with Gasteiger partial charge in [-0.1, -0.05) is 6.92 Å². The minimum atomic E-state index is 0.0845. The zero-order valence-corrected chi connectivity index (χ0v) is 10.7. The molecule has 0 radical (unpaired) electrons. The summed E-state index contributed by atoms with van der Waals surface area (Å²) >= 11 is 0. The highest BCUT2D eigenvalue weighted by Gasteiger charge is 2.17. The van der Waals surface area contributed by atoms with Crippen LogP contribution in [-0.4, -0.2) is 20.3 Å². The fourth-order valence-electron chi connectivity index (χ4n) is 1.71. The molecule has 0 aliphatic rings. The van der Waals surface area contributed by atoms with Crippen molar-refractivity contribution in [2.75, 3.05) is 14.2 Å². The smallest absolute Gasteiger partial charge is 0.122 e. The zero-order chi connectivity index (χ0) is 12.3. The lowest BCUT2D eigenvalue weighted by atomic mass is 9.93. The lowest BCUT2D eigenvalue weighted by Crippen LogP contribution is -2.23. The van der Waals surface area contributed by atoms with Gasteiger partial charge in [-0.3, -0.25) is 0 Å². The van der Waals surface area contributed by atoms with Crippen LogP contribution in [-0.2, 0) is 0 Å². The van der Waals surface area contributed by atoms with E-state index in [2.05, 4.69) is 6.92 Å². The number of hydrogen-bond donors (Lipinski definition) is 1. The molecule has 0 aliphatic heterocycles. The van der Waals surface area contributed by atoms with Crippen molar-refractivity contribution >= 4 is 0 Å². The van der Waals surface area contributed by atoms with E-state index in [1.165, 1.54) is 0 Å². The van der Waals surface area contributed by atoms with Gasteiger partial charge in [0, 0.05) is 11.6 Å². The van der Waals surface area contributed by atoms with Crippen LogP contribution in [0.1, 0.15) is 30.9 Å². The quantitative estimate of drug-likeness (QED) is 0.852. The highest BCUT2D eigenvalue weighted by Crippen LogP contribution is 2.34. The Morgan fingerprint density at radius 1 is 1.06 bits per heavy atom. The molecule has 0 amide bonds. The first-order valence-corrected chi connectivity index (χ1v) is 5.49. The first-order valence-electron chi connectivity index (χ1n) is 5.49. The molecule has 1 aromatic carbocycles.